The Bertz CT molecular complexity index is 453. The third-order valence-electron chi connectivity index (χ3n) is 3.77. The first-order chi connectivity index (χ1) is 9.10. The fourth-order valence-electron chi connectivity index (χ4n) is 2.63. The van der Waals surface area contributed by atoms with Crippen molar-refractivity contribution in [3.05, 3.63) is 29.3 Å². The van der Waals surface area contributed by atoms with Crippen LogP contribution < -0.4 is 5.32 Å². The molecular weight excluding hydrogens is 258 g/mol. The van der Waals surface area contributed by atoms with Crippen LogP contribution in [0, 0.1) is 6.92 Å². The molecule has 1 aliphatic rings. The van der Waals surface area contributed by atoms with Gasteiger partial charge >= 0.3 is 5.97 Å². The molecule has 1 fully saturated rings. The van der Waals surface area contributed by atoms with Gasteiger partial charge in [0.15, 0.2) is 0 Å². The average molecular weight is 279 g/mol. The number of thioether (sulfide) groups is 1. The molecule has 0 aliphatic heterocycles. The monoisotopic (exact) mass is 279 g/mol. The maximum Gasteiger partial charge on any atom is 0.337 e. The van der Waals surface area contributed by atoms with Gasteiger partial charge in [0.1, 0.15) is 0 Å². The minimum atomic E-state index is -0.861. The summed E-state index contributed by atoms with van der Waals surface area (Å²) < 4.78 is 0. The van der Waals surface area contributed by atoms with Gasteiger partial charge in [-0.2, -0.15) is 11.8 Å². The number of benzene rings is 1. The molecule has 0 bridgehead atoms. The lowest BCUT2D eigenvalue weighted by Gasteiger charge is -2.29. The largest absolute Gasteiger partial charge is 0.478 e. The van der Waals surface area contributed by atoms with E-state index >= 15 is 0 Å². The summed E-state index contributed by atoms with van der Waals surface area (Å²) >= 11 is 1.94. The zero-order chi connectivity index (χ0) is 13.8. The molecule has 0 spiro atoms. The van der Waals surface area contributed by atoms with Crippen molar-refractivity contribution in [2.75, 3.05) is 11.6 Å². The number of hydrogen-bond donors (Lipinski definition) is 2. The normalized spacial score (nSPS) is 23.1. The highest BCUT2D eigenvalue weighted by molar-refractivity contribution is 7.99. The lowest BCUT2D eigenvalue weighted by atomic mass is 9.94. The van der Waals surface area contributed by atoms with Crippen molar-refractivity contribution in [3.8, 4) is 0 Å². The minimum Gasteiger partial charge on any atom is -0.478 e. The first kappa shape index (κ1) is 14.3. The molecule has 0 radical (unpaired) electrons. The molecule has 0 atom stereocenters. The van der Waals surface area contributed by atoms with Crippen molar-refractivity contribution in [1.29, 1.82) is 0 Å². The average Bonchev–Trinajstić information content (AvgIpc) is 2.39. The zero-order valence-electron chi connectivity index (χ0n) is 11.5. The Morgan fingerprint density at radius 3 is 2.58 bits per heavy atom. The number of rotatable bonds is 4. The van der Waals surface area contributed by atoms with E-state index in [1.807, 2.05) is 30.8 Å². The number of carboxylic acid groups (broad SMARTS) is 1. The number of nitrogens with one attached hydrogen (secondary N) is 1. The van der Waals surface area contributed by atoms with E-state index in [1.54, 1.807) is 6.07 Å². The Morgan fingerprint density at radius 1 is 1.32 bits per heavy atom. The van der Waals surface area contributed by atoms with Gasteiger partial charge in [0.05, 0.1) is 5.56 Å². The Morgan fingerprint density at radius 2 is 2.00 bits per heavy atom. The topological polar surface area (TPSA) is 49.3 Å². The SMILES string of the molecule is CSC1CCC(Nc2cc(C)ccc2C(=O)O)CC1. The molecule has 1 aliphatic carbocycles. The van der Waals surface area contributed by atoms with E-state index in [4.69, 9.17) is 0 Å². The second-order valence-electron chi connectivity index (χ2n) is 5.21. The number of aromatic carboxylic acids is 1. The van der Waals surface area contributed by atoms with Crippen LogP contribution in [0.25, 0.3) is 0 Å². The van der Waals surface area contributed by atoms with Crippen molar-refractivity contribution < 1.29 is 9.90 Å². The van der Waals surface area contributed by atoms with Crippen molar-refractivity contribution in [3.63, 3.8) is 0 Å². The second-order valence-corrected chi connectivity index (χ2v) is 6.35. The highest BCUT2D eigenvalue weighted by Crippen LogP contribution is 2.29. The van der Waals surface area contributed by atoms with Crippen LogP contribution in [0.3, 0.4) is 0 Å². The maximum atomic E-state index is 11.2. The first-order valence-corrected chi connectivity index (χ1v) is 8.02. The molecule has 2 N–H and O–H groups in total. The molecule has 3 nitrogen and oxygen atoms in total. The molecule has 1 aromatic rings. The summed E-state index contributed by atoms with van der Waals surface area (Å²) in [6, 6.07) is 5.87. The van der Waals surface area contributed by atoms with Crippen LogP contribution in [-0.4, -0.2) is 28.6 Å². The third-order valence-corrected chi connectivity index (χ3v) is 4.91. The highest BCUT2D eigenvalue weighted by Gasteiger charge is 2.21. The van der Waals surface area contributed by atoms with Gasteiger partial charge < -0.3 is 10.4 Å². The van der Waals surface area contributed by atoms with Crippen molar-refractivity contribution in [2.24, 2.45) is 0 Å². The Labute approximate surface area is 118 Å². The molecule has 104 valence electrons. The van der Waals surface area contributed by atoms with E-state index in [0.717, 1.165) is 29.3 Å². The fourth-order valence-corrected chi connectivity index (χ4v) is 3.37. The van der Waals surface area contributed by atoms with Crippen LogP contribution >= 0.6 is 11.8 Å². The van der Waals surface area contributed by atoms with E-state index in [-0.39, 0.29) is 0 Å². The number of hydrogen-bond acceptors (Lipinski definition) is 3. The Kier molecular flexibility index (Phi) is 4.75. The van der Waals surface area contributed by atoms with Crippen molar-refractivity contribution in [2.45, 2.75) is 43.9 Å². The molecule has 0 amide bonds. The molecule has 1 aromatic carbocycles. The summed E-state index contributed by atoms with van der Waals surface area (Å²) in [5, 5.41) is 13.4. The number of anilines is 1. The van der Waals surface area contributed by atoms with Crippen LogP contribution in [0.4, 0.5) is 5.69 Å². The van der Waals surface area contributed by atoms with Crippen LogP contribution in [0.1, 0.15) is 41.6 Å². The van der Waals surface area contributed by atoms with Gasteiger partial charge in [-0.1, -0.05) is 6.07 Å². The van der Waals surface area contributed by atoms with Crippen LogP contribution in [0.15, 0.2) is 18.2 Å². The number of carboxylic acids is 1. The van der Waals surface area contributed by atoms with Crippen molar-refractivity contribution >= 4 is 23.4 Å². The standard InChI is InChI=1S/C15H21NO2S/c1-10-3-8-13(15(17)18)14(9-10)16-11-4-6-12(19-2)7-5-11/h3,8-9,11-12,16H,4-7H2,1-2H3,(H,17,18). The molecule has 1 saturated carbocycles. The summed E-state index contributed by atoms with van der Waals surface area (Å²) in [6.45, 7) is 1.99. The number of carbonyl (C=O) groups is 1. The van der Waals surface area contributed by atoms with Gasteiger partial charge in [0.2, 0.25) is 0 Å². The van der Waals surface area contributed by atoms with Gasteiger partial charge in [-0.25, -0.2) is 4.79 Å². The van der Waals surface area contributed by atoms with E-state index in [0.29, 0.717) is 11.6 Å². The number of aryl methyl sites for hydroxylation is 1. The highest BCUT2D eigenvalue weighted by atomic mass is 32.2. The third kappa shape index (κ3) is 3.66. The van der Waals surface area contributed by atoms with Gasteiger partial charge in [0.25, 0.3) is 0 Å². The van der Waals surface area contributed by atoms with E-state index in [9.17, 15) is 9.90 Å². The Hall–Kier alpha value is -1.16. The van der Waals surface area contributed by atoms with Crippen LogP contribution in [0.5, 0.6) is 0 Å². The smallest absolute Gasteiger partial charge is 0.337 e. The molecule has 0 unspecified atom stereocenters. The molecular formula is C15H21NO2S. The molecule has 0 aromatic heterocycles. The molecule has 0 saturated heterocycles. The quantitative estimate of drug-likeness (QED) is 0.880. The maximum absolute atomic E-state index is 11.2. The predicted octanol–water partition coefficient (Wildman–Crippen LogP) is 3.78. The van der Waals surface area contributed by atoms with Crippen LogP contribution in [0.2, 0.25) is 0 Å². The summed E-state index contributed by atoms with van der Waals surface area (Å²) in [5.41, 5.74) is 2.22. The summed E-state index contributed by atoms with van der Waals surface area (Å²) in [7, 11) is 0. The van der Waals surface area contributed by atoms with E-state index in [1.165, 1.54) is 12.8 Å². The van der Waals surface area contributed by atoms with Crippen LogP contribution in [-0.2, 0) is 0 Å². The van der Waals surface area contributed by atoms with E-state index in [2.05, 4.69) is 11.6 Å². The van der Waals surface area contributed by atoms with Crippen molar-refractivity contribution in [1.82, 2.24) is 0 Å². The zero-order valence-corrected chi connectivity index (χ0v) is 12.3. The summed E-state index contributed by atoms with van der Waals surface area (Å²) in [5.74, 6) is -0.861. The van der Waals surface area contributed by atoms with Gasteiger partial charge in [0, 0.05) is 17.0 Å². The predicted molar refractivity (Wildman–Crippen MR) is 81.3 cm³/mol. The molecule has 2 rings (SSSR count). The lowest BCUT2D eigenvalue weighted by Crippen LogP contribution is -2.27. The van der Waals surface area contributed by atoms with Gasteiger partial charge in [-0.3, -0.25) is 0 Å². The van der Waals surface area contributed by atoms with Gasteiger partial charge in [-0.15, -0.1) is 0 Å². The lowest BCUT2D eigenvalue weighted by molar-refractivity contribution is 0.0698. The molecule has 4 heteroatoms. The van der Waals surface area contributed by atoms with E-state index < -0.39 is 5.97 Å². The Balaban J connectivity index is 2.06. The first-order valence-electron chi connectivity index (χ1n) is 6.73. The summed E-state index contributed by atoms with van der Waals surface area (Å²) in [4.78, 5) is 11.2. The minimum absolute atomic E-state index is 0.373. The van der Waals surface area contributed by atoms with Gasteiger partial charge in [-0.05, 0) is 56.6 Å². The fraction of sp³-hybridized carbons (Fsp3) is 0.533. The molecule has 0 heterocycles. The molecule has 19 heavy (non-hydrogen) atoms. The second kappa shape index (κ2) is 6.33. The summed E-state index contributed by atoms with van der Waals surface area (Å²) in [6.07, 6.45) is 6.85.